The molecule has 3 aromatic carbocycles. The highest BCUT2D eigenvalue weighted by Crippen LogP contribution is 2.50. The number of hydrogen-bond donors (Lipinski definition) is 0. The molecular weight excluding hydrogens is 366 g/mol. The van der Waals surface area contributed by atoms with E-state index >= 15 is 0 Å². The van der Waals surface area contributed by atoms with Crippen molar-refractivity contribution in [2.24, 2.45) is 12.5 Å². The Kier molecular flexibility index (Phi) is 4.02. The molecule has 0 bridgehead atoms. The van der Waals surface area contributed by atoms with Crippen LogP contribution in [-0.2, 0) is 13.5 Å². The minimum atomic E-state index is 0.230. The summed E-state index contributed by atoms with van der Waals surface area (Å²) in [6, 6.07) is 15.6. The third-order valence-corrected chi connectivity index (χ3v) is 6.52. The summed E-state index contributed by atoms with van der Waals surface area (Å²) in [6.45, 7) is 13.5. The first-order chi connectivity index (χ1) is 14.2. The molecule has 0 fully saturated rings. The molecule has 4 aromatic rings. The van der Waals surface area contributed by atoms with E-state index in [-0.39, 0.29) is 5.41 Å². The van der Waals surface area contributed by atoms with E-state index in [1.165, 1.54) is 55.2 Å². The van der Waals surface area contributed by atoms with Gasteiger partial charge in [0, 0.05) is 17.0 Å². The number of benzene rings is 3. The third-order valence-electron chi connectivity index (χ3n) is 6.52. The third kappa shape index (κ3) is 2.74. The Bertz CT molecular complexity index is 1360. The van der Waals surface area contributed by atoms with E-state index in [9.17, 15) is 0 Å². The number of rotatable bonds is 1. The molecule has 0 unspecified atom stereocenters. The number of aromatic nitrogens is 1. The number of fused-ring (bicyclic) bond motifs is 3. The van der Waals surface area contributed by atoms with Crippen LogP contribution in [0.5, 0.6) is 11.5 Å². The van der Waals surface area contributed by atoms with E-state index in [2.05, 4.69) is 95.6 Å². The highest BCUT2D eigenvalue weighted by molar-refractivity contribution is 6.06. The van der Waals surface area contributed by atoms with Crippen molar-refractivity contribution in [3.05, 3.63) is 64.7 Å². The second kappa shape index (κ2) is 6.31. The van der Waals surface area contributed by atoms with E-state index in [0.717, 1.165) is 17.9 Å². The Balaban J connectivity index is 1.92. The lowest BCUT2D eigenvalue weighted by atomic mass is 9.84. The summed E-state index contributed by atoms with van der Waals surface area (Å²) in [5, 5.41) is 3.77. The van der Waals surface area contributed by atoms with Gasteiger partial charge in [0.1, 0.15) is 12.8 Å². The zero-order valence-electron chi connectivity index (χ0n) is 19.1. The molecule has 0 aliphatic carbocycles. The molecule has 1 aliphatic heterocycles. The maximum Gasteiger partial charge on any atom is 0.257 e. The van der Waals surface area contributed by atoms with E-state index < -0.39 is 0 Å². The fraction of sp³-hybridized carbons (Fsp3) is 0.321. The maximum absolute atomic E-state index is 6.70. The Morgan fingerprint density at radius 3 is 2.40 bits per heavy atom. The molecule has 0 saturated heterocycles. The lowest BCUT2D eigenvalue weighted by molar-refractivity contribution is -0.633. The average molecular weight is 397 g/mol. The number of hydrogen-bond acceptors (Lipinski definition) is 1. The number of aryl methyl sites for hydroxylation is 3. The van der Waals surface area contributed by atoms with E-state index in [0.29, 0.717) is 0 Å². The zero-order valence-corrected chi connectivity index (χ0v) is 19.1. The van der Waals surface area contributed by atoms with Gasteiger partial charge in [-0.05, 0) is 66.8 Å². The fourth-order valence-corrected chi connectivity index (χ4v) is 5.07. The summed E-state index contributed by atoms with van der Waals surface area (Å²) < 4.78 is 9.01. The first kappa shape index (κ1) is 19.1. The maximum atomic E-state index is 6.70. The normalized spacial score (nSPS) is 12.9. The Morgan fingerprint density at radius 1 is 0.933 bits per heavy atom. The summed E-state index contributed by atoms with van der Waals surface area (Å²) in [4.78, 5) is 0. The van der Waals surface area contributed by atoms with Gasteiger partial charge < -0.3 is 4.74 Å². The first-order valence-corrected chi connectivity index (χ1v) is 10.8. The highest BCUT2D eigenvalue weighted by atomic mass is 16.5. The van der Waals surface area contributed by atoms with Crippen molar-refractivity contribution < 1.29 is 9.30 Å². The Morgan fingerprint density at radius 2 is 1.67 bits per heavy atom. The molecule has 5 rings (SSSR count). The topological polar surface area (TPSA) is 13.1 Å². The standard InChI is InChI=1S/C28H30NO/c1-16-12-20-13-19(15-28(4,5)6)14-23-25(20)24(17(16)2)26-27(30-23)18(3)21-10-8-9-11-22(21)29(26)7/h8-14H,15H2,1-7H3/q+1. The molecule has 2 nitrogen and oxygen atoms in total. The molecule has 1 aromatic heterocycles. The quantitative estimate of drug-likeness (QED) is 0.275. The fourth-order valence-electron chi connectivity index (χ4n) is 5.07. The summed E-state index contributed by atoms with van der Waals surface area (Å²) in [7, 11) is 2.16. The highest BCUT2D eigenvalue weighted by Gasteiger charge is 2.33. The molecule has 0 radical (unpaired) electrons. The van der Waals surface area contributed by atoms with Crippen LogP contribution >= 0.6 is 0 Å². The summed E-state index contributed by atoms with van der Waals surface area (Å²) in [6.07, 6.45) is 1.03. The van der Waals surface area contributed by atoms with E-state index in [1.807, 2.05) is 0 Å². The summed E-state index contributed by atoms with van der Waals surface area (Å²) in [5.74, 6) is 1.99. The van der Waals surface area contributed by atoms with Crippen molar-refractivity contribution in [2.45, 2.75) is 48.0 Å². The van der Waals surface area contributed by atoms with Gasteiger partial charge in [-0.25, -0.2) is 0 Å². The molecule has 30 heavy (non-hydrogen) atoms. The lowest BCUT2D eigenvalue weighted by Gasteiger charge is -2.25. The smallest absolute Gasteiger partial charge is 0.257 e. The van der Waals surface area contributed by atoms with Gasteiger partial charge in [-0.2, -0.15) is 4.57 Å². The Labute approximate surface area is 179 Å². The molecule has 0 spiro atoms. The van der Waals surface area contributed by atoms with Crippen LogP contribution in [0.25, 0.3) is 32.9 Å². The van der Waals surface area contributed by atoms with E-state index in [1.54, 1.807) is 0 Å². The lowest BCUT2D eigenvalue weighted by Crippen LogP contribution is -2.34. The molecule has 1 aliphatic rings. The van der Waals surface area contributed by atoms with Crippen LogP contribution in [0.4, 0.5) is 0 Å². The van der Waals surface area contributed by atoms with Crippen LogP contribution in [0, 0.1) is 26.2 Å². The summed E-state index contributed by atoms with van der Waals surface area (Å²) >= 11 is 0. The number of nitrogens with zero attached hydrogens (tertiary/aromatic N) is 1. The van der Waals surface area contributed by atoms with Gasteiger partial charge >= 0.3 is 0 Å². The van der Waals surface area contributed by atoms with Crippen molar-refractivity contribution in [3.8, 4) is 22.8 Å². The van der Waals surface area contributed by atoms with Crippen LogP contribution in [0.3, 0.4) is 0 Å². The van der Waals surface area contributed by atoms with Crippen LogP contribution in [0.1, 0.15) is 43.0 Å². The van der Waals surface area contributed by atoms with E-state index in [4.69, 9.17) is 4.74 Å². The van der Waals surface area contributed by atoms with Crippen LogP contribution in [-0.4, -0.2) is 0 Å². The predicted molar refractivity (Wildman–Crippen MR) is 126 cm³/mol. The molecule has 0 amide bonds. The average Bonchev–Trinajstić information content (AvgIpc) is 2.68. The second-order valence-corrected chi connectivity index (χ2v) is 10.1. The van der Waals surface area contributed by atoms with Gasteiger partial charge in [0.05, 0.1) is 10.9 Å². The van der Waals surface area contributed by atoms with Crippen molar-refractivity contribution in [1.29, 1.82) is 0 Å². The van der Waals surface area contributed by atoms with Gasteiger partial charge in [-0.1, -0.05) is 45.0 Å². The Hall–Kier alpha value is -2.87. The van der Waals surface area contributed by atoms with Crippen LogP contribution in [0.2, 0.25) is 0 Å². The van der Waals surface area contributed by atoms with Crippen LogP contribution < -0.4 is 9.30 Å². The molecule has 2 heteroatoms. The van der Waals surface area contributed by atoms with Crippen molar-refractivity contribution in [2.75, 3.05) is 0 Å². The van der Waals surface area contributed by atoms with Crippen molar-refractivity contribution in [3.63, 3.8) is 0 Å². The SMILES string of the molecule is Cc1cc2cc(CC(C)(C)C)cc3c2c(c1C)-c1c(c(C)c2ccccc2[n+]1C)O3. The molecule has 0 N–H and O–H groups in total. The van der Waals surface area contributed by atoms with Crippen LogP contribution in [0.15, 0.2) is 42.5 Å². The minimum absolute atomic E-state index is 0.230. The number of ether oxygens (including phenoxy) is 1. The number of para-hydroxylation sites is 1. The number of pyridine rings is 1. The van der Waals surface area contributed by atoms with Gasteiger partial charge in [-0.3, -0.25) is 0 Å². The van der Waals surface area contributed by atoms with Crippen molar-refractivity contribution >= 4 is 21.7 Å². The predicted octanol–water partition coefficient (Wildman–Crippen LogP) is 7.10. The van der Waals surface area contributed by atoms with Gasteiger partial charge in [0.2, 0.25) is 11.3 Å². The minimum Gasteiger partial charge on any atom is -0.449 e. The first-order valence-electron chi connectivity index (χ1n) is 10.8. The van der Waals surface area contributed by atoms with Crippen molar-refractivity contribution in [1.82, 2.24) is 0 Å². The molecule has 152 valence electrons. The van der Waals surface area contributed by atoms with Gasteiger partial charge in [0.25, 0.3) is 5.69 Å². The molecular formula is C28H30NO+. The molecule has 2 heterocycles. The zero-order chi connectivity index (χ0) is 21.4. The summed E-state index contributed by atoms with van der Waals surface area (Å²) in [5.41, 5.74) is 9.18. The molecule has 0 saturated carbocycles. The second-order valence-electron chi connectivity index (χ2n) is 10.1. The molecule has 0 atom stereocenters. The van der Waals surface area contributed by atoms with Gasteiger partial charge in [-0.15, -0.1) is 0 Å². The largest absolute Gasteiger partial charge is 0.449 e. The monoisotopic (exact) mass is 396 g/mol. The van der Waals surface area contributed by atoms with Gasteiger partial charge in [0.15, 0.2) is 0 Å².